The first kappa shape index (κ1) is 18.2. The Labute approximate surface area is 152 Å². The van der Waals surface area contributed by atoms with Gasteiger partial charge in [0.1, 0.15) is 5.69 Å². The lowest BCUT2D eigenvalue weighted by Gasteiger charge is -2.37. The third-order valence-corrected chi connectivity index (χ3v) is 5.47. The standard InChI is InChI=1S/C18H24N4O4/c19-17(23)13-5-11-21(12-6-13)18(24)14-7-9-20(10-8-14)15-3-1-2-4-16(15)22(25)26/h1-4,13-14H,5-12H2,(H2,19,23). The number of nitrogens with zero attached hydrogens (tertiary/aromatic N) is 3. The summed E-state index contributed by atoms with van der Waals surface area (Å²) in [5, 5.41) is 11.2. The van der Waals surface area contributed by atoms with Crippen molar-refractivity contribution in [3.05, 3.63) is 34.4 Å². The molecule has 140 valence electrons. The highest BCUT2D eigenvalue weighted by atomic mass is 16.6. The number of benzene rings is 1. The van der Waals surface area contributed by atoms with Crippen LogP contribution in [0, 0.1) is 22.0 Å². The molecule has 0 spiro atoms. The molecule has 2 aliphatic heterocycles. The highest BCUT2D eigenvalue weighted by Gasteiger charge is 2.33. The first-order chi connectivity index (χ1) is 12.5. The second kappa shape index (κ2) is 7.72. The second-order valence-corrected chi connectivity index (χ2v) is 7.01. The summed E-state index contributed by atoms with van der Waals surface area (Å²) in [7, 11) is 0. The van der Waals surface area contributed by atoms with E-state index >= 15 is 0 Å². The summed E-state index contributed by atoms with van der Waals surface area (Å²) in [6, 6.07) is 6.72. The molecular formula is C18H24N4O4. The summed E-state index contributed by atoms with van der Waals surface area (Å²) in [6.07, 6.45) is 2.63. The molecule has 2 amide bonds. The third-order valence-electron chi connectivity index (χ3n) is 5.47. The van der Waals surface area contributed by atoms with Crippen LogP contribution < -0.4 is 10.6 Å². The number of nitro groups is 1. The lowest BCUT2D eigenvalue weighted by molar-refractivity contribution is -0.384. The van der Waals surface area contributed by atoms with E-state index in [9.17, 15) is 19.7 Å². The van der Waals surface area contributed by atoms with Gasteiger partial charge >= 0.3 is 0 Å². The Kier molecular flexibility index (Phi) is 5.39. The zero-order valence-corrected chi connectivity index (χ0v) is 14.7. The summed E-state index contributed by atoms with van der Waals surface area (Å²) in [5.41, 5.74) is 6.06. The number of hydrogen-bond acceptors (Lipinski definition) is 5. The molecule has 2 aliphatic rings. The number of carbonyl (C=O) groups is 2. The largest absolute Gasteiger partial charge is 0.369 e. The van der Waals surface area contributed by atoms with Crippen molar-refractivity contribution in [1.29, 1.82) is 0 Å². The Morgan fingerprint density at radius 1 is 1.00 bits per heavy atom. The van der Waals surface area contributed by atoms with Crippen LogP contribution in [-0.2, 0) is 9.59 Å². The van der Waals surface area contributed by atoms with Crippen LogP contribution in [0.25, 0.3) is 0 Å². The minimum absolute atomic E-state index is 0.0563. The number of para-hydroxylation sites is 2. The molecule has 8 nitrogen and oxygen atoms in total. The topological polar surface area (TPSA) is 110 Å². The molecule has 8 heteroatoms. The van der Waals surface area contributed by atoms with E-state index in [2.05, 4.69) is 0 Å². The SMILES string of the molecule is NC(=O)C1CCN(C(=O)C2CCN(c3ccccc3[N+](=O)[O-])CC2)CC1. The zero-order valence-electron chi connectivity index (χ0n) is 14.7. The maximum atomic E-state index is 12.7. The molecule has 0 saturated carbocycles. The van der Waals surface area contributed by atoms with Gasteiger partial charge in [-0.25, -0.2) is 0 Å². The van der Waals surface area contributed by atoms with Gasteiger partial charge in [0.25, 0.3) is 5.69 Å². The number of primary amides is 1. The van der Waals surface area contributed by atoms with E-state index in [1.807, 2.05) is 9.80 Å². The fraction of sp³-hybridized carbons (Fsp3) is 0.556. The van der Waals surface area contributed by atoms with Gasteiger partial charge in [0.15, 0.2) is 0 Å². The summed E-state index contributed by atoms with van der Waals surface area (Å²) >= 11 is 0. The molecule has 0 aliphatic carbocycles. The Balaban J connectivity index is 1.57. The minimum atomic E-state index is -0.366. The molecule has 1 aromatic rings. The molecule has 1 aromatic carbocycles. The molecular weight excluding hydrogens is 336 g/mol. The van der Waals surface area contributed by atoms with E-state index in [4.69, 9.17) is 5.73 Å². The van der Waals surface area contributed by atoms with Crippen LogP contribution in [0.4, 0.5) is 11.4 Å². The monoisotopic (exact) mass is 360 g/mol. The van der Waals surface area contributed by atoms with Gasteiger partial charge in [-0.15, -0.1) is 0 Å². The van der Waals surface area contributed by atoms with Gasteiger partial charge in [0, 0.05) is 44.1 Å². The van der Waals surface area contributed by atoms with Crippen molar-refractivity contribution < 1.29 is 14.5 Å². The zero-order chi connectivity index (χ0) is 18.7. The minimum Gasteiger partial charge on any atom is -0.369 e. The molecule has 0 aromatic heterocycles. The van der Waals surface area contributed by atoms with Crippen LogP contribution in [0.2, 0.25) is 0 Å². The van der Waals surface area contributed by atoms with E-state index in [1.165, 1.54) is 6.07 Å². The van der Waals surface area contributed by atoms with Gasteiger partial charge in [-0.1, -0.05) is 12.1 Å². The predicted molar refractivity (Wildman–Crippen MR) is 96.5 cm³/mol. The number of anilines is 1. The molecule has 2 N–H and O–H groups in total. The van der Waals surface area contributed by atoms with Crippen molar-refractivity contribution in [2.75, 3.05) is 31.1 Å². The number of carbonyl (C=O) groups excluding carboxylic acids is 2. The quantitative estimate of drug-likeness (QED) is 0.647. The van der Waals surface area contributed by atoms with Crippen LogP contribution in [0.3, 0.4) is 0 Å². The molecule has 0 unspecified atom stereocenters. The molecule has 0 atom stereocenters. The fourth-order valence-electron chi connectivity index (χ4n) is 3.90. The highest BCUT2D eigenvalue weighted by Crippen LogP contribution is 2.32. The van der Waals surface area contributed by atoms with Crippen molar-refractivity contribution >= 4 is 23.2 Å². The molecule has 0 radical (unpaired) electrons. The number of amides is 2. The van der Waals surface area contributed by atoms with Gasteiger partial charge in [0.2, 0.25) is 11.8 Å². The van der Waals surface area contributed by atoms with Crippen LogP contribution in [-0.4, -0.2) is 47.8 Å². The molecule has 3 rings (SSSR count). The van der Waals surface area contributed by atoms with Gasteiger partial charge < -0.3 is 15.5 Å². The third kappa shape index (κ3) is 3.79. The molecule has 2 saturated heterocycles. The molecule has 26 heavy (non-hydrogen) atoms. The first-order valence-corrected chi connectivity index (χ1v) is 9.04. The second-order valence-electron chi connectivity index (χ2n) is 7.01. The van der Waals surface area contributed by atoms with E-state index < -0.39 is 0 Å². The maximum absolute atomic E-state index is 12.7. The molecule has 0 bridgehead atoms. The van der Waals surface area contributed by atoms with Crippen molar-refractivity contribution in [2.45, 2.75) is 25.7 Å². The maximum Gasteiger partial charge on any atom is 0.292 e. The van der Waals surface area contributed by atoms with Gasteiger partial charge in [-0.05, 0) is 31.7 Å². The number of nitro benzene ring substituents is 1. The van der Waals surface area contributed by atoms with Gasteiger partial charge in [-0.3, -0.25) is 19.7 Å². The predicted octanol–water partition coefficient (Wildman–Crippen LogP) is 1.54. The van der Waals surface area contributed by atoms with Gasteiger partial charge in [-0.2, -0.15) is 0 Å². The molecule has 2 heterocycles. The number of likely N-dealkylation sites (tertiary alicyclic amines) is 1. The molecule has 2 fully saturated rings. The van der Waals surface area contributed by atoms with Crippen LogP contribution in [0.5, 0.6) is 0 Å². The lowest BCUT2D eigenvalue weighted by Crippen LogP contribution is -2.46. The normalized spacial score (nSPS) is 19.4. The average molecular weight is 360 g/mol. The number of hydrogen-bond donors (Lipinski definition) is 1. The Bertz CT molecular complexity index is 692. The van der Waals surface area contributed by atoms with Crippen molar-refractivity contribution in [1.82, 2.24) is 4.90 Å². The van der Waals surface area contributed by atoms with E-state index in [0.29, 0.717) is 57.5 Å². The smallest absolute Gasteiger partial charge is 0.292 e. The summed E-state index contributed by atoms with van der Waals surface area (Å²) in [6.45, 7) is 2.41. The Hall–Kier alpha value is -2.64. The number of piperidine rings is 2. The average Bonchev–Trinajstić information content (AvgIpc) is 2.67. The van der Waals surface area contributed by atoms with Crippen molar-refractivity contribution in [3.8, 4) is 0 Å². The summed E-state index contributed by atoms with van der Waals surface area (Å²) < 4.78 is 0. The van der Waals surface area contributed by atoms with Crippen molar-refractivity contribution in [2.24, 2.45) is 17.6 Å². The number of rotatable bonds is 4. The van der Waals surface area contributed by atoms with Crippen LogP contribution in [0.1, 0.15) is 25.7 Å². The Morgan fingerprint density at radius 3 is 2.15 bits per heavy atom. The highest BCUT2D eigenvalue weighted by molar-refractivity contribution is 5.80. The fourth-order valence-corrected chi connectivity index (χ4v) is 3.90. The Morgan fingerprint density at radius 2 is 1.58 bits per heavy atom. The van der Waals surface area contributed by atoms with E-state index in [0.717, 1.165) is 0 Å². The summed E-state index contributed by atoms with van der Waals surface area (Å²) in [4.78, 5) is 38.6. The summed E-state index contributed by atoms with van der Waals surface area (Å²) in [5.74, 6) is -0.330. The lowest BCUT2D eigenvalue weighted by atomic mass is 9.91. The van der Waals surface area contributed by atoms with Crippen molar-refractivity contribution in [3.63, 3.8) is 0 Å². The number of nitrogens with two attached hydrogens (primary N) is 1. The first-order valence-electron chi connectivity index (χ1n) is 9.04. The van der Waals surface area contributed by atoms with Gasteiger partial charge in [0.05, 0.1) is 4.92 Å². The van der Waals surface area contributed by atoms with E-state index in [-0.39, 0.29) is 34.3 Å². The van der Waals surface area contributed by atoms with E-state index in [1.54, 1.807) is 18.2 Å². The van der Waals surface area contributed by atoms with Crippen LogP contribution >= 0.6 is 0 Å². The van der Waals surface area contributed by atoms with Crippen LogP contribution in [0.15, 0.2) is 24.3 Å².